The molecule has 0 aliphatic carbocycles. The van der Waals surface area contributed by atoms with Crippen LogP contribution >= 0.6 is 11.8 Å². The van der Waals surface area contributed by atoms with E-state index in [4.69, 9.17) is 4.74 Å². The molecule has 8 heteroatoms. The summed E-state index contributed by atoms with van der Waals surface area (Å²) in [5, 5.41) is 10.4. The van der Waals surface area contributed by atoms with Gasteiger partial charge in [0.1, 0.15) is 12.6 Å². The van der Waals surface area contributed by atoms with Crippen LogP contribution in [0.2, 0.25) is 0 Å². The van der Waals surface area contributed by atoms with Crippen molar-refractivity contribution in [3.05, 3.63) is 24.3 Å². The lowest BCUT2D eigenvalue weighted by Gasteiger charge is -2.41. The number of thioether (sulfide) groups is 1. The zero-order valence-electron chi connectivity index (χ0n) is 20.7. The summed E-state index contributed by atoms with van der Waals surface area (Å²) in [6.45, 7) is 9.24. The van der Waals surface area contributed by atoms with Gasteiger partial charge in [0.2, 0.25) is 11.8 Å². The highest BCUT2D eigenvalue weighted by atomic mass is 32.2. The monoisotopic (exact) mass is 490 g/mol. The molecule has 7 nitrogen and oxygen atoms in total. The Labute approximate surface area is 206 Å². The molecule has 0 radical (unpaired) electrons. The number of amides is 2. The molecule has 4 aliphatic rings. The minimum atomic E-state index is -0.880. The Morgan fingerprint density at radius 3 is 2.59 bits per heavy atom. The Bertz CT molecular complexity index is 890. The van der Waals surface area contributed by atoms with Gasteiger partial charge in [-0.25, -0.2) is 0 Å². The summed E-state index contributed by atoms with van der Waals surface area (Å²) in [6, 6.07) is -1.24. The van der Waals surface area contributed by atoms with Gasteiger partial charge < -0.3 is 19.6 Å². The first-order chi connectivity index (χ1) is 16.3. The molecule has 4 heterocycles. The van der Waals surface area contributed by atoms with Gasteiger partial charge >= 0.3 is 5.97 Å². The molecule has 0 aromatic heterocycles. The van der Waals surface area contributed by atoms with Crippen LogP contribution in [-0.2, 0) is 19.1 Å². The summed E-state index contributed by atoms with van der Waals surface area (Å²) >= 11 is 1.55. The fourth-order valence-electron chi connectivity index (χ4n) is 6.27. The van der Waals surface area contributed by atoms with E-state index in [9.17, 15) is 19.5 Å². The van der Waals surface area contributed by atoms with Gasteiger partial charge in [-0.2, -0.15) is 0 Å². The van der Waals surface area contributed by atoms with E-state index in [1.165, 1.54) is 0 Å². The fourth-order valence-corrected chi connectivity index (χ4v) is 8.41. The Kier molecular flexibility index (Phi) is 7.21. The predicted octanol–water partition coefficient (Wildman–Crippen LogP) is 2.78. The van der Waals surface area contributed by atoms with Crippen molar-refractivity contribution in [2.24, 2.45) is 17.8 Å². The molecule has 2 fully saturated rings. The number of carbonyl (C=O) groups excluding carboxylic acids is 3. The van der Waals surface area contributed by atoms with Gasteiger partial charge in [-0.1, -0.05) is 58.3 Å². The van der Waals surface area contributed by atoms with Gasteiger partial charge in [-0.15, -0.1) is 11.8 Å². The number of cyclic esters (lactones) is 1. The van der Waals surface area contributed by atoms with Crippen molar-refractivity contribution in [2.45, 2.75) is 75.0 Å². The van der Waals surface area contributed by atoms with E-state index in [-0.39, 0.29) is 36.9 Å². The van der Waals surface area contributed by atoms with Crippen molar-refractivity contribution in [2.75, 3.05) is 26.3 Å². The van der Waals surface area contributed by atoms with E-state index in [1.54, 1.807) is 16.7 Å². The number of hydrogen-bond donors (Lipinski definition) is 1. The average Bonchev–Trinajstić information content (AvgIpc) is 3.07. The highest BCUT2D eigenvalue weighted by Crippen LogP contribution is 2.65. The molecule has 0 saturated carbocycles. The van der Waals surface area contributed by atoms with Crippen LogP contribution in [0.5, 0.6) is 0 Å². The van der Waals surface area contributed by atoms with Crippen molar-refractivity contribution in [1.82, 2.24) is 9.80 Å². The zero-order valence-corrected chi connectivity index (χ0v) is 21.6. The number of likely N-dealkylation sites (tertiary alicyclic amines) is 1. The highest BCUT2D eigenvalue weighted by molar-refractivity contribution is 8.02. The first kappa shape index (κ1) is 25.3. The molecule has 0 bridgehead atoms. The van der Waals surface area contributed by atoms with Gasteiger partial charge in [0, 0.05) is 17.8 Å². The second-order valence-corrected chi connectivity index (χ2v) is 12.1. The maximum Gasteiger partial charge on any atom is 0.311 e. The number of unbranched alkanes of at least 4 members (excludes halogenated alkanes) is 2. The summed E-state index contributed by atoms with van der Waals surface area (Å²) in [5.74, 6) is -2.07. The molecule has 1 N–H and O–H groups in total. The minimum absolute atomic E-state index is 0.00997. The average molecular weight is 491 g/mol. The van der Waals surface area contributed by atoms with Crippen molar-refractivity contribution < 1.29 is 24.2 Å². The smallest absolute Gasteiger partial charge is 0.311 e. The number of aliphatic hydroxyl groups is 1. The van der Waals surface area contributed by atoms with Crippen LogP contribution in [0.15, 0.2) is 24.3 Å². The molecule has 1 spiro atoms. The molecule has 7 atom stereocenters. The third-order valence-corrected chi connectivity index (χ3v) is 10.0. The number of fused-ring (bicyclic) bond motifs is 2. The lowest BCUT2D eigenvalue weighted by atomic mass is 9.75. The highest BCUT2D eigenvalue weighted by Gasteiger charge is 2.74. The Hall–Kier alpha value is -1.80. The molecule has 0 aromatic rings. The van der Waals surface area contributed by atoms with Crippen LogP contribution in [0.4, 0.5) is 0 Å². The van der Waals surface area contributed by atoms with Crippen LogP contribution in [-0.4, -0.2) is 80.6 Å². The van der Waals surface area contributed by atoms with E-state index in [1.807, 2.05) is 50.0 Å². The van der Waals surface area contributed by atoms with Crippen molar-refractivity contribution in [3.63, 3.8) is 0 Å². The number of esters is 1. The first-order valence-electron chi connectivity index (χ1n) is 12.7. The minimum Gasteiger partial charge on any atom is -0.461 e. The number of rotatable bonds is 8. The number of hydrogen-bond acceptors (Lipinski definition) is 6. The van der Waals surface area contributed by atoms with Crippen molar-refractivity contribution in [3.8, 4) is 0 Å². The van der Waals surface area contributed by atoms with E-state index in [2.05, 4.69) is 6.92 Å². The van der Waals surface area contributed by atoms with Gasteiger partial charge in [-0.3, -0.25) is 14.4 Å². The summed E-state index contributed by atoms with van der Waals surface area (Å²) in [6.07, 6.45) is 11.6. The zero-order chi connectivity index (χ0) is 24.7. The molecule has 188 valence electrons. The van der Waals surface area contributed by atoms with E-state index < -0.39 is 33.4 Å². The SMILES string of the molecule is CCCCCN1CC=C[C@]23S[C@@]4(C)C=CCOC(=O)[C@H]4[C@H]2C(=O)N([C@@H](CO)[C@@H](C)CC)C3C1=O. The first-order valence-corrected chi connectivity index (χ1v) is 13.5. The Morgan fingerprint density at radius 2 is 1.91 bits per heavy atom. The summed E-state index contributed by atoms with van der Waals surface area (Å²) in [5.41, 5.74) is 0. The molecular weight excluding hydrogens is 452 g/mol. The summed E-state index contributed by atoms with van der Waals surface area (Å²) < 4.78 is 3.94. The molecule has 4 rings (SSSR count). The quantitative estimate of drug-likeness (QED) is 0.320. The molecule has 0 aromatic carbocycles. The third-order valence-electron chi connectivity index (χ3n) is 8.21. The van der Waals surface area contributed by atoms with Crippen molar-refractivity contribution >= 4 is 29.5 Å². The van der Waals surface area contributed by atoms with Gasteiger partial charge in [0.05, 0.1) is 29.2 Å². The maximum absolute atomic E-state index is 14.2. The van der Waals surface area contributed by atoms with Crippen LogP contribution in [0.3, 0.4) is 0 Å². The number of aliphatic hydroxyl groups excluding tert-OH is 1. The summed E-state index contributed by atoms with van der Waals surface area (Å²) in [7, 11) is 0. The van der Waals surface area contributed by atoms with Gasteiger partial charge in [0.15, 0.2) is 0 Å². The van der Waals surface area contributed by atoms with Crippen LogP contribution in [0.1, 0.15) is 53.4 Å². The molecule has 2 amide bonds. The fraction of sp³-hybridized carbons (Fsp3) is 0.731. The molecule has 4 aliphatic heterocycles. The van der Waals surface area contributed by atoms with E-state index in [0.717, 1.165) is 25.7 Å². The van der Waals surface area contributed by atoms with Crippen LogP contribution in [0.25, 0.3) is 0 Å². The Balaban J connectivity index is 1.84. The second kappa shape index (κ2) is 9.69. The standard InChI is InChI=1S/C26H38N2O5S/c1-5-7-8-13-27-14-9-12-26-19(20-24(32)33-15-10-11-25(20,4)34-26)22(30)28(21(26)23(27)31)18(16-29)17(3)6-2/h9-12,17-21,29H,5-8,13-16H2,1-4H3/t17-,18-,19-,20+,21?,25-,26-/m0/s1. The number of ether oxygens (including phenoxy) is 1. The van der Waals surface area contributed by atoms with E-state index >= 15 is 0 Å². The predicted molar refractivity (Wildman–Crippen MR) is 132 cm³/mol. The third kappa shape index (κ3) is 3.81. The maximum atomic E-state index is 14.2. The normalized spacial score (nSPS) is 36.5. The lowest BCUT2D eigenvalue weighted by molar-refractivity contribution is -0.153. The van der Waals surface area contributed by atoms with Crippen LogP contribution in [0, 0.1) is 17.8 Å². The topological polar surface area (TPSA) is 87.2 Å². The molecular formula is C26H38N2O5S. The van der Waals surface area contributed by atoms with E-state index in [0.29, 0.717) is 13.1 Å². The van der Waals surface area contributed by atoms with Gasteiger partial charge in [0.25, 0.3) is 0 Å². The molecule has 1 unspecified atom stereocenters. The number of carbonyl (C=O) groups is 3. The summed E-state index contributed by atoms with van der Waals surface area (Å²) in [4.78, 5) is 45.1. The largest absolute Gasteiger partial charge is 0.461 e. The molecule has 34 heavy (non-hydrogen) atoms. The Morgan fingerprint density at radius 1 is 1.15 bits per heavy atom. The number of nitrogens with zero attached hydrogens (tertiary/aromatic N) is 2. The lowest BCUT2D eigenvalue weighted by Crippen LogP contribution is -2.58. The van der Waals surface area contributed by atoms with Gasteiger partial charge in [-0.05, 0) is 25.3 Å². The second-order valence-electron chi connectivity index (χ2n) is 10.3. The molecule has 2 saturated heterocycles. The van der Waals surface area contributed by atoms with Crippen molar-refractivity contribution in [1.29, 1.82) is 0 Å². The van der Waals surface area contributed by atoms with Crippen LogP contribution < -0.4 is 0 Å².